The summed E-state index contributed by atoms with van der Waals surface area (Å²) in [6, 6.07) is 7.25. The first kappa shape index (κ1) is 17.6. The number of rotatable bonds is 4. The summed E-state index contributed by atoms with van der Waals surface area (Å²) >= 11 is 0. The lowest BCUT2D eigenvalue weighted by Crippen LogP contribution is -2.58. The molecule has 2 N–H and O–H groups in total. The molecule has 4 rings (SSSR count). The minimum absolute atomic E-state index is 0.0449. The van der Waals surface area contributed by atoms with E-state index in [9.17, 15) is 13.6 Å². The fourth-order valence-electron chi connectivity index (χ4n) is 3.42. The lowest BCUT2D eigenvalue weighted by Gasteiger charge is -2.38. The summed E-state index contributed by atoms with van der Waals surface area (Å²) < 4.78 is 31.7. The number of hydrogen-bond donors (Lipinski definition) is 1. The normalized spacial score (nSPS) is 19.8. The van der Waals surface area contributed by atoms with Gasteiger partial charge in [-0.3, -0.25) is 9.78 Å². The van der Waals surface area contributed by atoms with E-state index in [4.69, 9.17) is 10.5 Å². The summed E-state index contributed by atoms with van der Waals surface area (Å²) in [5, 5.41) is 0. The average molecular weight is 371 g/mol. The fraction of sp³-hybridized carbons (Fsp3) is 0.300. The SMILES string of the molecule is C=Cc1cc(-c2ccc(C(=O)N3CC(F)(F)C3)cn2)cc2c1OC(CN)C2. The van der Waals surface area contributed by atoms with Gasteiger partial charge in [0.1, 0.15) is 11.9 Å². The standard InChI is InChI=1S/C20H19F2N3O2/c1-2-12-5-14(6-15-7-16(8-23)27-18(12)15)17-4-3-13(9-24-17)19(26)25-10-20(21,22)11-25/h2-6,9,16H,1,7-8,10-11,23H2. The van der Waals surface area contributed by atoms with Crippen LogP contribution in [-0.2, 0) is 6.42 Å². The second-order valence-corrected chi connectivity index (χ2v) is 6.89. The smallest absolute Gasteiger partial charge is 0.282 e. The molecular weight excluding hydrogens is 352 g/mol. The van der Waals surface area contributed by atoms with Crippen molar-refractivity contribution in [1.29, 1.82) is 0 Å². The number of halogens is 2. The molecular formula is C20H19F2N3O2. The maximum absolute atomic E-state index is 12.9. The molecule has 0 radical (unpaired) electrons. The van der Waals surface area contributed by atoms with E-state index in [1.165, 1.54) is 6.20 Å². The second kappa shape index (κ2) is 6.42. The topological polar surface area (TPSA) is 68.5 Å². The molecule has 2 aliphatic rings. The number of benzene rings is 1. The number of aromatic nitrogens is 1. The number of likely N-dealkylation sites (tertiary alicyclic amines) is 1. The molecule has 1 saturated heterocycles. The van der Waals surface area contributed by atoms with E-state index in [1.54, 1.807) is 18.2 Å². The monoisotopic (exact) mass is 371 g/mol. The van der Waals surface area contributed by atoms with Crippen molar-refractivity contribution >= 4 is 12.0 Å². The van der Waals surface area contributed by atoms with Crippen molar-refractivity contribution in [2.75, 3.05) is 19.6 Å². The Bertz CT molecular complexity index is 904. The quantitative estimate of drug-likeness (QED) is 0.897. The van der Waals surface area contributed by atoms with Gasteiger partial charge in [0.05, 0.1) is 24.3 Å². The molecule has 1 aromatic heterocycles. The van der Waals surface area contributed by atoms with Crippen LogP contribution in [0.1, 0.15) is 21.5 Å². The van der Waals surface area contributed by atoms with Gasteiger partial charge in [0.2, 0.25) is 0 Å². The van der Waals surface area contributed by atoms with Crippen molar-refractivity contribution in [3.8, 4) is 17.0 Å². The summed E-state index contributed by atoms with van der Waals surface area (Å²) in [5.74, 6) is -2.41. The highest BCUT2D eigenvalue weighted by atomic mass is 19.3. The summed E-state index contributed by atoms with van der Waals surface area (Å²) in [6.45, 7) is 3.19. The van der Waals surface area contributed by atoms with Crippen LogP contribution in [0.3, 0.4) is 0 Å². The molecule has 0 aliphatic carbocycles. The molecule has 1 atom stereocenters. The van der Waals surface area contributed by atoms with Gasteiger partial charge < -0.3 is 15.4 Å². The van der Waals surface area contributed by atoms with Crippen molar-refractivity contribution in [3.63, 3.8) is 0 Å². The van der Waals surface area contributed by atoms with Crippen LogP contribution in [-0.4, -0.2) is 47.5 Å². The number of ether oxygens (including phenoxy) is 1. The predicted molar refractivity (Wildman–Crippen MR) is 97.8 cm³/mol. The van der Waals surface area contributed by atoms with E-state index < -0.39 is 24.9 Å². The Hall–Kier alpha value is -2.80. The van der Waals surface area contributed by atoms with Crippen LogP contribution in [0.4, 0.5) is 8.78 Å². The number of carbonyl (C=O) groups is 1. The van der Waals surface area contributed by atoms with Gasteiger partial charge in [0.25, 0.3) is 11.8 Å². The number of pyridine rings is 1. The average Bonchev–Trinajstić information content (AvgIpc) is 3.08. The third kappa shape index (κ3) is 3.19. The van der Waals surface area contributed by atoms with Crippen molar-refractivity contribution in [1.82, 2.24) is 9.88 Å². The first-order chi connectivity index (χ1) is 12.9. The molecule has 0 saturated carbocycles. The van der Waals surface area contributed by atoms with Crippen LogP contribution in [0, 0.1) is 0 Å². The molecule has 0 spiro atoms. The molecule has 7 heteroatoms. The molecule has 0 bridgehead atoms. The number of carbonyl (C=O) groups excluding carboxylic acids is 1. The number of alkyl halides is 2. The summed E-state index contributed by atoms with van der Waals surface area (Å²) in [6.07, 6.45) is 3.83. The second-order valence-electron chi connectivity index (χ2n) is 6.89. The number of hydrogen-bond acceptors (Lipinski definition) is 4. The van der Waals surface area contributed by atoms with Crippen LogP contribution >= 0.6 is 0 Å². The molecule has 1 amide bonds. The van der Waals surface area contributed by atoms with Crippen LogP contribution in [0.25, 0.3) is 17.3 Å². The number of fused-ring (bicyclic) bond motifs is 1. The predicted octanol–water partition coefficient (Wildman–Crippen LogP) is 2.74. The Labute approximate surface area is 155 Å². The number of nitrogens with two attached hydrogens (primary N) is 1. The Morgan fingerprint density at radius 2 is 2.19 bits per heavy atom. The third-order valence-electron chi connectivity index (χ3n) is 4.85. The Balaban J connectivity index is 1.58. The van der Waals surface area contributed by atoms with Crippen LogP contribution in [0.2, 0.25) is 0 Å². The highest BCUT2D eigenvalue weighted by Crippen LogP contribution is 2.37. The van der Waals surface area contributed by atoms with E-state index in [0.717, 1.165) is 33.8 Å². The summed E-state index contributed by atoms with van der Waals surface area (Å²) in [5.41, 5.74) is 9.47. The van der Waals surface area contributed by atoms with E-state index in [2.05, 4.69) is 11.6 Å². The molecule has 3 heterocycles. The van der Waals surface area contributed by atoms with Gasteiger partial charge in [-0.25, -0.2) is 8.78 Å². The Morgan fingerprint density at radius 3 is 2.78 bits per heavy atom. The van der Waals surface area contributed by atoms with Gasteiger partial charge in [0.15, 0.2) is 0 Å². The lowest BCUT2D eigenvalue weighted by molar-refractivity contribution is -0.113. The van der Waals surface area contributed by atoms with Crippen molar-refractivity contribution < 1.29 is 18.3 Å². The molecule has 1 aromatic carbocycles. The molecule has 2 aliphatic heterocycles. The number of nitrogens with zero attached hydrogens (tertiary/aromatic N) is 2. The van der Waals surface area contributed by atoms with Crippen molar-refractivity contribution in [2.24, 2.45) is 5.73 Å². The maximum Gasteiger partial charge on any atom is 0.282 e. The van der Waals surface area contributed by atoms with Gasteiger partial charge in [0, 0.05) is 30.3 Å². The zero-order valence-electron chi connectivity index (χ0n) is 14.6. The van der Waals surface area contributed by atoms with E-state index in [1.807, 2.05) is 12.1 Å². The maximum atomic E-state index is 12.9. The molecule has 140 valence electrons. The minimum atomic E-state index is -2.78. The van der Waals surface area contributed by atoms with Gasteiger partial charge >= 0.3 is 0 Å². The zero-order chi connectivity index (χ0) is 19.2. The Kier molecular flexibility index (Phi) is 4.19. The first-order valence-electron chi connectivity index (χ1n) is 8.70. The fourth-order valence-corrected chi connectivity index (χ4v) is 3.42. The van der Waals surface area contributed by atoms with Crippen molar-refractivity contribution in [3.05, 3.63) is 53.7 Å². The molecule has 1 fully saturated rings. The minimum Gasteiger partial charge on any atom is -0.488 e. The molecule has 1 unspecified atom stereocenters. The van der Waals surface area contributed by atoms with E-state index >= 15 is 0 Å². The Morgan fingerprint density at radius 1 is 1.41 bits per heavy atom. The van der Waals surface area contributed by atoms with E-state index in [0.29, 0.717) is 17.8 Å². The van der Waals surface area contributed by atoms with Crippen LogP contribution < -0.4 is 10.5 Å². The lowest BCUT2D eigenvalue weighted by atomic mass is 9.99. The molecule has 5 nitrogen and oxygen atoms in total. The first-order valence-corrected chi connectivity index (χ1v) is 8.70. The highest BCUT2D eigenvalue weighted by Gasteiger charge is 2.46. The van der Waals surface area contributed by atoms with Gasteiger partial charge in [-0.1, -0.05) is 12.7 Å². The van der Waals surface area contributed by atoms with Gasteiger partial charge in [-0.2, -0.15) is 0 Å². The highest BCUT2D eigenvalue weighted by molar-refractivity contribution is 5.95. The van der Waals surface area contributed by atoms with Crippen LogP contribution in [0.5, 0.6) is 5.75 Å². The molecule has 2 aromatic rings. The van der Waals surface area contributed by atoms with Crippen molar-refractivity contribution in [2.45, 2.75) is 18.4 Å². The van der Waals surface area contributed by atoms with Crippen LogP contribution in [0.15, 0.2) is 37.0 Å². The largest absolute Gasteiger partial charge is 0.488 e. The number of amides is 1. The van der Waals surface area contributed by atoms with Gasteiger partial charge in [-0.05, 0) is 29.8 Å². The van der Waals surface area contributed by atoms with Gasteiger partial charge in [-0.15, -0.1) is 0 Å². The zero-order valence-corrected chi connectivity index (χ0v) is 14.6. The van der Waals surface area contributed by atoms with E-state index in [-0.39, 0.29) is 6.10 Å². The third-order valence-corrected chi connectivity index (χ3v) is 4.85. The summed E-state index contributed by atoms with van der Waals surface area (Å²) in [7, 11) is 0. The molecule has 27 heavy (non-hydrogen) atoms. The summed E-state index contributed by atoms with van der Waals surface area (Å²) in [4.78, 5) is 17.7.